The van der Waals surface area contributed by atoms with Crippen molar-refractivity contribution in [3.8, 4) is 11.5 Å². The number of para-hydroxylation sites is 1. The van der Waals surface area contributed by atoms with Crippen molar-refractivity contribution < 1.29 is 9.47 Å². The van der Waals surface area contributed by atoms with Crippen LogP contribution in [0.3, 0.4) is 0 Å². The van der Waals surface area contributed by atoms with Crippen LogP contribution in [0.15, 0.2) is 78.9 Å². The first-order chi connectivity index (χ1) is 14.7. The maximum absolute atomic E-state index is 6.66. The van der Waals surface area contributed by atoms with E-state index >= 15 is 0 Å². The lowest BCUT2D eigenvalue weighted by Crippen LogP contribution is -2.44. The molecule has 0 radical (unpaired) electrons. The van der Waals surface area contributed by atoms with E-state index in [1.54, 1.807) is 0 Å². The molecule has 2 aliphatic heterocycles. The molecule has 0 aromatic heterocycles. The molecule has 3 heteroatoms. The maximum atomic E-state index is 6.66. The van der Waals surface area contributed by atoms with Gasteiger partial charge < -0.3 is 14.4 Å². The largest absolute Gasteiger partial charge is 0.444 e. The first-order valence-corrected chi connectivity index (χ1v) is 10.6. The molecular weight excluding hydrogens is 370 g/mol. The number of nitrogens with zero attached hydrogens (tertiary/aromatic N) is 1. The molecule has 1 unspecified atom stereocenters. The van der Waals surface area contributed by atoms with Gasteiger partial charge in [-0.2, -0.15) is 0 Å². The predicted octanol–water partition coefficient (Wildman–Crippen LogP) is 6.27. The number of hydrogen-bond donors (Lipinski definition) is 0. The Balaban J connectivity index is 1.65. The summed E-state index contributed by atoms with van der Waals surface area (Å²) in [7, 11) is 0. The Morgan fingerprint density at radius 1 is 0.767 bits per heavy atom. The Morgan fingerprint density at radius 2 is 1.50 bits per heavy atom. The molecule has 0 saturated carbocycles. The minimum Gasteiger partial charge on any atom is -0.444 e. The smallest absolute Gasteiger partial charge is 0.299 e. The highest BCUT2D eigenvalue weighted by Crippen LogP contribution is 2.46. The molecule has 3 nitrogen and oxygen atoms in total. The summed E-state index contributed by atoms with van der Waals surface area (Å²) < 4.78 is 13.2. The molecule has 3 aromatic carbocycles. The summed E-state index contributed by atoms with van der Waals surface area (Å²) in [6.45, 7) is 6.25. The number of ether oxygens (including phenoxy) is 2. The Kier molecular flexibility index (Phi) is 4.59. The van der Waals surface area contributed by atoms with Crippen molar-refractivity contribution in [2.75, 3.05) is 18.0 Å². The molecule has 3 aromatic rings. The highest BCUT2D eigenvalue weighted by atomic mass is 16.7. The molecule has 0 fully saturated rings. The van der Waals surface area contributed by atoms with Crippen LogP contribution in [0.1, 0.15) is 30.5 Å². The molecule has 0 saturated heterocycles. The lowest BCUT2D eigenvalue weighted by Gasteiger charge is -2.40. The SMILES string of the molecule is CCN(CC)c1ccc2c(c1)OC1(C=Cc3ccccc3O1)C(c1ccccc1)=C2. The molecule has 0 bridgehead atoms. The van der Waals surface area contributed by atoms with Gasteiger partial charge in [0.2, 0.25) is 0 Å². The second kappa shape index (κ2) is 7.42. The van der Waals surface area contributed by atoms with Crippen LogP contribution in [0.2, 0.25) is 0 Å². The van der Waals surface area contributed by atoms with Gasteiger partial charge in [-0.05, 0) is 49.8 Å². The van der Waals surface area contributed by atoms with Crippen molar-refractivity contribution in [1.29, 1.82) is 0 Å². The van der Waals surface area contributed by atoms with Crippen LogP contribution in [-0.2, 0) is 0 Å². The second-order valence-corrected chi connectivity index (χ2v) is 7.56. The first kappa shape index (κ1) is 18.6. The minimum absolute atomic E-state index is 0.824. The maximum Gasteiger partial charge on any atom is 0.299 e. The topological polar surface area (TPSA) is 21.7 Å². The van der Waals surface area contributed by atoms with Crippen molar-refractivity contribution in [2.24, 2.45) is 0 Å². The van der Waals surface area contributed by atoms with Gasteiger partial charge in [-0.3, -0.25) is 0 Å². The summed E-state index contributed by atoms with van der Waals surface area (Å²) in [5, 5.41) is 0. The molecule has 0 N–H and O–H groups in total. The quantitative estimate of drug-likeness (QED) is 0.520. The molecule has 2 heterocycles. The minimum atomic E-state index is -0.995. The van der Waals surface area contributed by atoms with Gasteiger partial charge in [0.05, 0.1) is 0 Å². The van der Waals surface area contributed by atoms with E-state index in [4.69, 9.17) is 9.47 Å². The fourth-order valence-electron chi connectivity index (χ4n) is 4.20. The monoisotopic (exact) mass is 395 g/mol. The van der Waals surface area contributed by atoms with Gasteiger partial charge in [0.15, 0.2) is 0 Å². The molecule has 0 aliphatic carbocycles. The van der Waals surface area contributed by atoms with Gasteiger partial charge >= 0.3 is 0 Å². The summed E-state index contributed by atoms with van der Waals surface area (Å²) in [6, 6.07) is 24.8. The molecule has 5 rings (SSSR count). The van der Waals surface area contributed by atoms with Gasteiger partial charge in [0.1, 0.15) is 11.5 Å². The van der Waals surface area contributed by atoms with Crippen LogP contribution >= 0.6 is 0 Å². The van der Waals surface area contributed by atoms with Gasteiger partial charge in [-0.15, -0.1) is 0 Å². The number of rotatable bonds is 4. The van der Waals surface area contributed by atoms with Crippen molar-refractivity contribution >= 4 is 23.4 Å². The third-order valence-corrected chi connectivity index (χ3v) is 5.81. The fraction of sp³-hybridized carbons (Fsp3) is 0.185. The Hall–Kier alpha value is -3.46. The standard InChI is InChI=1S/C27H25NO2/c1-3-28(4-2)23-15-14-22-18-24(20-10-6-5-7-11-20)27(30-26(22)19-23)17-16-21-12-8-9-13-25(21)29-27/h5-19H,3-4H2,1-2H3. The van der Waals surface area contributed by atoms with E-state index in [9.17, 15) is 0 Å². The summed E-state index contributed by atoms with van der Waals surface area (Å²) in [5.74, 6) is 0.665. The summed E-state index contributed by atoms with van der Waals surface area (Å²) in [6.07, 6.45) is 6.31. The van der Waals surface area contributed by atoms with E-state index in [-0.39, 0.29) is 0 Å². The number of fused-ring (bicyclic) bond motifs is 2. The van der Waals surface area contributed by atoms with E-state index in [1.807, 2.05) is 42.5 Å². The molecular formula is C27H25NO2. The average Bonchev–Trinajstić information content (AvgIpc) is 2.80. The Bertz CT molecular complexity index is 1130. The van der Waals surface area contributed by atoms with Gasteiger partial charge in [-0.1, -0.05) is 48.5 Å². The third kappa shape index (κ3) is 3.07. The Morgan fingerprint density at radius 3 is 2.30 bits per heavy atom. The number of benzene rings is 3. The first-order valence-electron chi connectivity index (χ1n) is 10.6. The number of hydrogen-bond acceptors (Lipinski definition) is 3. The van der Waals surface area contributed by atoms with Crippen molar-refractivity contribution in [3.05, 3.63) is 95.6 Å². The second-order valence-electron chi connectivity index (χ2n) is 7.56. The van der Waals surface area contributed by atoms with Crippen molar-refractivity contribution in [3.63, 3.8) is 0 Å². The van der Waals surface area contributed by atoms with Crippen LogP contribution in [0.4, 0.5) is 5.69 Å². The van der Waals surface area contributed by atoms with Crippen LogP contribution in [-0.4, -0.2) is 18.9 Å². The van der Waals surface area contributed by atoms with Crippen LogP contribution in [0, 0.1) is 0 Å². The lowest BCUT2D eigenvalue weighted by atomic mass is 9.90. The predicted molar refractivity (Wildman–Crippen MR) is 124 cm³/mol. The van der Waals surface area contributed by atoms with Crippen LogP contribution < -0.4 is 14.4 Å². The van der Waals surface area contributed by atoms with E-state index in [0.717, 1.165) is 52.5 Å². The Labute approximate surface area is 177 Å². The summed E-state index contributed by atoms with van der Waals surface area (Å²) in [4.78, 5) is 2.32. The molecule has 2 aliphatic rings. The molecule has 1 atom stereocenters. The van der Waals surface area contributed by atoms with E-state index < -0.39 is 5.79 Å². The summed E-state index contributed by atoms with van der Waals surface area (Å²) >= 11 is 0. The van der Waals surface area contributed by atoms with Gasteiger partial charge in [0, 0.05) is 47.6 Å². The highest BCUT2D eigenvalue weighted by molar-refractivity contribution is 5.91. The molecule has 150 valence electrons. The molecule has 0 amide bonds. The van der Waals surface area contributed by atoms with Crippen LogP contribution in [0.25, 0.3) is 17.7 Å². The third-order valence-electron chi connectivity index (χ3n) is 5.81. The lowest BCUT2D eigenvalue weighted by molar-refractivity contribution is -0.0211. The van der Waals surface area contributed by atoms with E-state index in [2.05, 4.69) is 67.3 Å². The summed E-state index contributed by atoms with van der Waals surface area (Å²) in [5.41, 5.74) is 5.36. The zero-order valence-corrected chi connectivity index (χ0v) is 17.3. The zero-order valence-electron chi connectivity index (χ0n) is 17.3. The van der Waals surface area contributed by atoms with E-state index in [1.165, 1.54) is 0 Å². The molecule has 30 heavy (non-hydrogen) atoms. The molecule has 1 spiro atoms. The van der Waals surface area contributed by atoms with Crippen LogP contribution in [0.5, 0.6) is 11.5 Å². The normalized spacial score (nSPS) is 18.7. The zero-order chi connectivity index (χ0) is 20.6. The highest BCUT2D eigenvalue weighted by Gasteiger charge is 2.43. The number of anilines is 1. The fourth-order valence-corrected chi connectivity index (χ4v) is 4.20. The van der Waals surface area contributed by atoms with Gasteiger partial charge in [0.25, 0.3) is 5.79 Å². The van der Waals surface area contributed by atoms with Crippen molar-refractivity contribution in [2.45, 2.75) is 19.6 Å². The average molecular weight is 396 g/mol. The van der Waals surface area contributed by atoms with E-state index in [0.29, 0.717) is 0 Å². The van der Waals surface area contributed by atoms with Gasteiger partial charge in [-0.25, -0.2) is 0 Å². The van der Waals surface area contributed by atoms with Crippen molar-refractivity contribution in [1.82, 2.24) is 0 Å².